The first kappa shape index (κ1) is 18.1. The molecule has 0 radical (unpaired) electrons. The summed E-state index contributed by atoms with van der Waals surface area (Å²) in [6.07, 6.45) is 1.41. The summed E-state index contributed by atoms with van der Waals surface area (Å²) in [5.41, 5.74) is 1.21. The second kappa shape index (κ2) is 8.57. The lowest BCUT2D eigenvalue weighted by atomic mass is 10.1. The van der Waals surface area contributed by atoms with Crippen molar-refractivity contribution in [2.24, 2.45) is 0 Å². The quantitative estimate of drug-likeness (QED) is 0.832. The number of hydrogen-bond donors (Lipinski definition) is 2. The molecule has 0 aliphatic heterocycles. The number of carbonyl (C=O) groups excluding carboxylic acids is 2. The minimum atomic E-state index is -0.481. The average Bonchev–Trinajstić information content (AvgIpc) is 2.61. The highest BCUT2D eigenvalue weighted by Crippen LogP contribution is 2.14. The summed E-state index contributed by atoms with van der Waals surface area (Å²) in [6, 6.07) is 11.7. The fraction of sp³-hybridized carbons (Fsp3) is 0.222. The Morgan fingerprint density at radius 3 is 2.68 bits per heavy atom. The maximum absolute atomic E-state index is 12.3. The van der Waals surface area contributed by atoms with Crippen LogP contribution in [0.2, 0.25) is 0 Å². The Balaban J connectivity index is 2.08. The maximum Gasteiger partial charge on any atom is 0.274 e. The van der Waals surface area contributed by atoms with Gasteiger partial charge >= 0.3 is 0 Å². The van der Waals surface area contributed by atoms with Gasteiger partial charge in [0.05, 0.1) is 11.3 Å². The van der Waals surface area contributed by atoms with Gasteiger partial charge < -0.3 is 15.5 Å². The van der Waals surface area contributed by atoms with Crippen molar-refractivity contribution < 1.29 is 9.59 Å². The molecule has 0 aliphatic carbocycles. The van der Waals surface area contributed by atoms with E-state index in [1.54, 1.807) is 30.3 Å². The molecule has 1 heterocycles. The lowest BCUT2D eigenvalue weighted by molar-refractivity contribution is 0.0951. The van der Waals surface area contributed by atoms with Crippen molar-refractivity contribution in [1.82, 2.24) is 15.2 Å². The van der Waals surface area contributed by atoms with E-state index in [1.165, 1.54) is 12.3 Å². The molecular weight excluding hydrogens is 318 g/mol. The number of nitrogens with zero attached hydrogens (tertiary/aromatic N) is 3. The van der Waals surface area contributed by atoms with E-state index in [9.17, 15) is 9.59 Å². The summed E-state index contributed by atoms with van der Waals surface area (Å²) in [4.78, 5) is 30.4. The van der Waals surface area contributed by atoms with Crippen LogP contribution in [-0.4, -0.2) is 48.9 Å². The number of amides is 2. The van der Waals surface area contributed by atoms with Gasteiger partial charge in [0, 0.05) is 24.8 Å². The molecule has 2 N–H and O–H groups in total. The molecule has 1 aromatic carbocycles. The van der Waals surface area contributed by atoms with Gasteiger partial charge in [-0.05, 0) is 38.4 Å². The Hall–Kier alpha value is -3.24. The number of benzene rings is 1. The van der Waals surface area contributed by atoms with Crippen LogP contribution in [0.4, 0.5) is 5.69 Å². The molecule has 0 saturated carbocycles. The summed E-state index contributed by atoms with van der Waals surface area (Å²) < 4.78 is 0. The number of nitrogens with one attached hydrogen (secondary N) is 2. The third-order valence-electron chi connectivity index (χ3n) is 3.40. The van der Waals surface area contributed by atoms with Crippen LogP contribution >= 0.6 is 0 Å². The summed E-state index contributed by atoms with van der Waals surface area (Å²) in [5.74, 6) is -0.749. The van der Waals surface area contributed by atoms with Crippen LogP contribution < -0.4 is 10.6 Å². The van der Waals surface area contributed by atoms with E-state index in [-0.39, 0.29) is 11.6 Å². The molecule has 0 saturated heterocycles. The Morgan fingerprint density at radius 1 is 1.20 bits per heavy atom. The minimum Gasteiger partial charge on any atom is -0.351 e. The average molecular weight is 337 g/mol. The Kier molecular flexibility index (Phi) is 6.20. The smallest absolute Gasteiger partial charge is 0.274 e. The summed E-state index contributed by atoms with van der Waals surface area (Å²) in [6.45, 7) is 1.22. The zero-order valence-electron chi connectivity index (χ0n) is 14.1. The van der Waals surface area contributed by atoms with Crippen molar-refractivity contribution in [3.8, 4) is 6.07 Å². The third kappa shape index (κ3) is 5.12. The van der Waals surface area contributed by atoms with Crippen LogP contribution in [0.25, 0.3) is 0 Å². The van der Waals surface area contributed by atoms with Crippen LogP contribution in [0, 0.1) is 11.3 Å². The first-order valence-corrected chi connectivity index (χ1v) is 7.70. The van der Waals surface area contributed by atoms with Crippen molar-refractivity contribution in [1.29, 1.82) is 5.26 Å². The molecule has 7 heteroatoms. The van der Waals surface area contributed by atoms with Gasteiger partial charge in [0.15, 0.2) is 0 Å². The van der Waals surface area contributed by atoms with Gasteiger partial charge in [-0.25, -0.2) is 0 Å². The number of pyridine rings is 1. The van der Waals surface area contributed by atoms with E-state index in [0.29, 0.717) is 23.4 Å². The lowest BCUT2D eigenvalue weighted by Gasteiger charge is -2.11. The number of carbonyl (C=O) groups is 2. The van der Waals surface area contributed by atoms with Crippen molar-refractivity contribution in [2.45, 2.75) is 0 Å². The number of para-hydroxylation sites is 1. The summed E-state index contributed by atoms with van der Waals surface area (Å²) >= 11 is 0. The third-order valence-corrected chi connectivity index (χ3v) is 3.40. The molecule has 128 valence electrons. The molecular formula is C18H19N5O2. The molecule has 2 amide bonds. The van der Waals surface area contributed by atoms with Gasteiger partial charge in [0.1, 0.15) is 11.8 Å². The minimum absolute atomic E-state index is 0.105. The van der Waals surface area contributed by atoms with Crippen LogP contribution in [0.5, 0.6) is 0 Å². The van der Waals surface area contributed by atoms with Gasteiger partial charge in [0.2, 0.25) is 0 Å². The highest BCUT2D eigenvalue weighted by atomic mass is 16.2. The van der Waals surface area contributed by atoms with E-state index in [1.807, 2.05) is 25.1 Å². The zero-order chi connectivity index (χ0) is 18.2. The normalized spacial score (nSPS) is 10.2. The van der Waals surface area contributed by atoms with E-state index in [4.69, 9.17) is 5.26 Å². The number of aromatic nitrogens is 1. The second-order valence-corrected chi connectivity index (χ2v) is 5.60. The predicted molar refractivity (Wildman–Crippen MR) is 94.2 cm³/mol. The van der Waals surface area contributed by atoms with Gasteiger partial charge in [-0.15, -0.1) is 0 Å². The first-order chi connectivity index (χ1) is 12.0. The molecule has 2 aromatic rings. The van der Waals surface area contributed by atoms with Crippen LogP contribution in [0.3, 0.4) is 0 Å². The largest absolute Gasteiger partial charge is 0.351 e. The van der Waals surface area contributed by atoms with Crippen molar-refractivity contribution >= 4 is 17.5 Å². The fourth-order valence-corrected chi connectivity index (χ4v) is 2.07. The van der Waals surface area contributed by atoms with E-state index in [2.05, 4.69) is 15.6 Å². The number of likely N-dealkylation sites (N-methyl/N-ethyl adjacent to an activating group) is 1. The molecule has 25 heavy (non-hydrogen) atoms. The van der Waals surface area contributed by atoms with Crippen molar-refractivity contribution in [2.75, 3.05) is 32.5 Å². The second-order valence-electron chi connectivity index (χ2n) is 5.60. The maximum atomic E-state index is 12.3. The van der Waals surface area contributed by atoms with Crippen molar-refractivity contribution in [3.63, 3.8) is 0 Å². The summed E-state index contributed by atoms with van der Waals surface area (Å²) in [5, 5.41) is 14.5. The number of rotatable bonds is 6. The molecule has 0 unspecified atom stereocenters. The van der Waals surface area contributed by atoms with Crippen LogP contribution in [0.1, 0.15) is 26.4 Å². The molecule has 0 bridgehead atoms. The zero-order valence-corrected chi connectivity index (χ0v) is 14.1. The molecule has 1 aromatic heterocycles. The molecule has 0 aliphatic rings. The molecule has 2 rings (SSSR count). The number of anilines is 1. The Morgan fingerprint density at radius 2 is 1.96 bits per heavy atom. The van der Waals surface area contributed by atoms with Gasteiger partial charge in [-0.2, -0.15) is 5.26 Å². The molecule has 0 spiro atoms. The SMILES string of the molecule is CN(C)CCNC(=O)c1ccnc(C(=O)Nc2ccccc2C#N)c1. The van der Waals surface area contributed by atoms with Gasteiger partial charge in [-0.1, -0.05) is 12.1 Å². The molecule has 0 atom stereocenters. The summed E-state index contributed by atoms with van der Waals surface area (Å²) in [7, 11) is 3.83. The van der Waals surface area contributed by atoms with Crippen LogP contribution in [-0.2, 0) is 0 Å². The first-order valence-electron chi connectivity index (χ1n) is 7.70. The van der Waals surface area contributed by atoms with Crippen molar-refractivity contribution in [3.05, 3.63) is 59.4 Å². The van der Waals surface area contributed by atoms with Crippen LogP contribution in [0.15, 0.2) is 42.6 Å². The Labute approximate surface area is 146 Å². The van der Waals surface area contributed by atoms with E-state index in [0.717, 1.165) is 6.54 Å². The van der Waals surface area contributed by atoms with E-state index < -0.39 is 5.91 Å². The monoisotopic (exact) mass is 337 g/mol. The van der Waals surface area contributed by atoms with E-state index >= 15 is 0 Å². The molecule has 7 nitrogen and oxygen atoms in total. The topological polar surface area (TPSA) is 98.1 Å². The Bertz CT molecular complexity index is 811. The van der Waals surface area contributed by atoms with Gasteiger partial charge in [-0.3, -0.25) is 14.6 Å². The van der Waals surface area contributed by atoms with Gasteiger partial charge in [0.25, 0.3) is 11.8 Å². The highest BCUT2D eigenvalue weighted by Gasteiger charge is 2.13. The number of hydrogen-bond acceptors (Lipinski definition) is 5. The highest BCUT2D eigenvalue weighted by molar-refractivity contribution is 6.05. The molecule has 0 fully saturated rings. The standard InChI is InChI=1S/C18H19N5O2/c1-23(2)10-9-21-17(24)13-7-8-20-16(11-13)18(25)22-15-6-4-3-5-14(15)12-19/h3-8,11H,9-10H2,1-2H3,(H,21,24)(H,22,25). The fourth-order valence-electron chi connectivity index (χ4n) is 2.07. The number of nitriles is 1. The lowest BCUT2D eigenvalue weighted by Crippen LogP contribution is -2.31. The predicted octanol–water partition coefficient (Wildman–Crippen LogP) is 1.50.